The minimum absolute atomic E-state index is 0.0725. The van der Waals surface area contributed by atoms with Crippen LogP contribution in [0.2, 0.25) is 0 Å². The van der Waals surface area contributed by atoms with Crippen LogP contribution in [0.1, 0.15) is 18.4 Å². The molecule has 2 N–H and O–H groups in total. The Balaban J connectivity index is 1.52. The van der Waals surface area contributed by atoms with Gasteiger partial charge in [-0.05, 0) is 22.9 Å². The minimum atomic E-state index is -0.165. The summed E-state index contributed by atoms with van der Waals surface area (Å²) < 4.78 is 0. The van der Waals surface area contributed by atoms with E-state index in [9.17, 15) is 9.59 Å². The number of amides is 1. The zero-order valence-corrected chi connectivity index (χ0v) is 14.7. The Morgan fingerprint density at radius 3 is 2.92 bits per heavy atom. The first-order valence-electron chi connectivity index (χ1n) is 7.55. The van der Waals surface area contributed by atoms with Crippen LogP contribution in [0.4, 0.5) is 0 Å². The zero-order chi connectivity index (χ0) is 16.9. The number of aromatic nitrogens is 2. The van der Waals surface area contributed by atoms with Crippen molar-refractivity contribution in [2.24, 2.45) is 0 Å². The van der Waals surface area contributed by atoms with Crippen LogP contribution in [0.15, 0.2) is 51.7 Å². The first kappa shape index (κ1) is 16.7. The van der Waals surface area contributed by atoms with E-state index in [2.05, 4.69) is 34.3 Å². The summed E-state index contributed by atoms with van der Waals surface area (Å²) in [5.74, 6) is 0.402. The molecule has 1 unspecified atom stereocenters. The lowest BCUT2D eigenvalue weighted by atomic mass is 10.0. The number of hydrogen-bond acceptors (Lipinski definition) is 5. The zero-order valence-electron chi connectivity index (χ0n) is 13.1. The van der Waals surface area contributed by atoms with Crippen molar-refractivity contribution < 1.29 is 4.79 Å². The molecule has 1 aromatic carbocycles. The van der Waals surface area contributed by atoms with Gasteiger partial charge in [-0.3, -0.25) is 9.59 Å². The van der Waals surface area contributed by atoms with E-state index in [0.29, 0.717) is 21.9 Å². The molecule has 0 radical (unpaired) electrons. The number of aromatic amines is 1. The Morgan fingerprint density at radius 2 is 2.12 bits per heavy atom. The molecule has 0 bridgehead atoms. The second-order valence-corrected chi connectivity index (χ2v) is 7.27. The number of nitrogens with one attached hydrogen (secondary N) is 2. The Labute approximate surface area is 147 Å². The van der Waals surface area contributed by atoms with E-state index in [-0.39, 0.29) is 23.1 Å². The number of carbonyl (C=O) groups excluding carboxylic acids is 1. The van der Waals surface area contributed by atoms with Crippen LogP contribution in [0.5, 0.6) is 0 Å². The average Bonchev–Trinajstić information content (AvgIpc) is 3.08. The second kappa shape index (κ2) is 7.63. The minimum Gasteiger partial charge on any atom is -0.355 e. The number of nitrogens with zero attached hydrogens (tertiary/aromatic N) is 1. The number of carbonyl (C=O) groups is 1. The maximum Gasteiger partial charge on any atom is 0.260 e. The summed E-state index contributed by atoms with van der Waals surface area (Å²) in [6.45, 7) is 2.66. The smallest absolute Gasteiger partial charge is 0.260 e. The van der Waals surface area contributed by atoms with Gasteiger partial charge in [0, 0.05) is 6.54 Å². The first-order chi connectivity index (χ1) is 11.6. The Kier molecular flexibility index (Phi) is 5.32. The fourth-order valence-corrected chi connectivity index (χ4v) is 3.78. The molecule has 0 saturated carbocycles. The molecule has 1 atom stereocenters. The van der Waals surface area contributed by atoms with E-state index in [4.69, 9.17) is 0 Å². The number of thioether (sulfide) groups is 1. The topological polar surface area (TPSA) is 74.8 Å². The van der Waals surface area contributed by atoms with Crippen molar-refractivity contribution in [1.29, 1.82) is 0 Å². The second-order valence-electron chi connectivity index (χ2n) is 5.41. The molecular formula is C17H17N3O2S2. The number of rotatable bonds is 6. The maximum absolute atomic E-state index is 12.0. The molecule has 124 valence electrons. The van der Waals surface area contributed by atoms with Crippen molar-refractivity contribution in [1.82, 2.24) is 15.3 Å². The standard InChI is InChI=1S/C17H17N3O2S2/c1-11(12-5-3-2-4-6-12)9-18-14(21)10-24-17-19-15(22)13-7-8-23-16(13)20-17/h2-8,11H,9-10H2,1H3,(H,18,21)(H,19,20,22). The van der Waals surface area contributed by atoms with Gasteiger partial charge >= 0.3 is 0 Å². The maximum atomic E-state index is 12.0. The number of benzene rings is 1. The SMILES string of the molecule is CC(CNC(=O)CSc1nc2sccc2c(=O)[nH]1)c1ccccc1. The molecule has 0 aliphatic rings. The largest absolute Gasteiger partial charge is 0.355 e. The number of hydrogen-bond donors (Lipinski definition) is 2. The van der Waals surface area contributed by atoms with Crippen LogP contribution in [0, 0.1) is 0 Å². The molecule has 1 amide bonds. The molecule has 2 heterocycles. The van der Waals surface area contributed by atoms with Gasteiger partial charge < -0.3 is 10.3 Å². The number of H-pyrrole nitrogens is 1. The highest BCUT2D eigenvalue weighted by molar-refractivity contribution is 7.99. The van der Waals surface area contributed by atoms with Crippen molar-refractivity contribution in [3.8, 4) is 0 Å². The van der Waals surface area contributed by atoms with Gasteiger partial charge in [-0.15, -0.1) is 11.3 Å². The van der Waals surface area contributed by atoms with Crippen molar-refractivity contribution in [3.05, 3.63) is 57.7 Å². The van der Waals surface area contributed by atoms with Crippen LogP contribution in [-0.4, -0.2) is 28.2 Å². The van der Waals surface area contributed by atoms with Crippen LogP contribution in [0.3, 0.4) is 0 Å². The molecule has 7 heteroatoms. The third-order valence-corrected chi connectivity index (χ3v) is 5.31. The van der Waals surface area contributed by atoms with Crippen molar-refractivity contribution >= 4 is 39.2 Å². The highest BCUT2D eigenvalue weighted by Gasteiger charge is 2.10. The van der Waals surface area contributed by atoms with Crippen molar-refractivity contribution in [3.63, 3.8) is 0 Å². The van der Waals surface area contributed by atoms with Gasteiger partial charge in [0.25, 0.3) is 5.56 Å². The Morgan fingerprint density at radius 1 is 1.33 bits per heavy atom. The summed E-state index contributed by atoms with van der Waals surface area (Å²) in [5, 5.41) is 5.82. The normalized spacial score (nSPS) is 12.2. The molecule has 5 nitrogen and oxygen atoms in total. The fourth-order valence-electron chi connectivity index (χ4n) is 2.26. The molecule has 3 rings (SSSR count). The van der Waals surface area contributed by atoms with Gasteiger partial charge in [0.2, 0.25) is 5.91 Å². The average molecular weight is 359 g/mol. The van der Waals surface area contributed by atoms with Crippen LogP contribution in [-0.2, 0) is 4.79 Å². The molecule has 0 spiro atoms. The summed E-state index contributed by atoms with van der Waals surface area (Å²) >= 11 is 2.65. The van der Waals surface area contributed by atoms with Gasteiger partial charge in [-0.2, -0.15) is 0 Å². The van der Waals surface area contributed by atoms with Gasteiger partial charge in [-0.1, -0.05) is 49.0 Å². The third-order valence-electron chi connectivity index (χ3n) is 3.63. The van der Waals surface area contributed by atoms with Gasteiger partial charge in [0.05, 0.1) is 11.1 Å². The molecule has 0 aliphatic carbocycles. The van der Waals surface area contributed by atoms with E-state index < -0.39 is 0 Å². The molecular weight excluding hydrogens is 342 g/mol. The summed E-state index contributed by atoms with van der Waals surface area (Å²) in [4.78, 5) is 31.6. The summed E-state index contributed by atoms with van der Waals surface area (Å²) in [5.41, 5.74) is 1.03. The van der Waals surface area contributed by atoms with E-state index in [1.54, 1.807) is 6.07 Å². The van der Waals surface area contributed by atoms with Crippen LogP contribution >= 0.6 is 23.1 Å². The lowest BCUT2D eigenvalue weighted by molar-refractivity contribution is -0.118. The fraction of sp³-hybridized carbons (Fsp3) is 0.235. The predicted octanol–water partition coefficient (Wildman–Crippen LogP) is 3.00. The quantitative estimate of drug-likeness (QED) is 0.524. The summed E-state index contributed by atoms with van der Waals surface area (Å²) in [6, 6.07) is 11.8. The molecule has 2 aromatic heterocycles. The lowest BCUT2D eigenvalue weighted by Gasteiger charge is -2.12. The van der Waals surface area contributed by atoms with Gasteiger partial charge in [0.1, 0.15) is 4.83 Å². The van der Waals surface area contributed by atoms with E-state index in [1.165, 1.54) is 28.7 Å². The Bertz CT molecular complexity index is 889. The molecule has 3 aromatic rings. The van der Waals surface area contributed by atoms with E-state index >= 15 is 0 Å². The molecule has 0 saturated heterocycles. The highest BCUT2D eigenvalue weighted by Crippen LogP contribution is 2.18. The molecule has 0 aliphatic heterocycles. The first-order valence-corrected chi connectivity index (χ1v) is 9.42. The lowest BCUT2D eigenvalue weighted by Crippen LogP contribution is -2.29. The van der Waals surface area contributed by atoms with Crippen molar-refractivity contribution in [2.45, 2.75) is 18.0 Å². The number of fused-ring (bicyclic) bond motifs is 1. The number of thiophene rings is 1. The van der Waals surface area contributed by atoms with E-state index in [1.807, 2.05) is 23.6 Å². The van der Waals surface area contributed by atoms with Crippen molar-refractivity contribution in [2.75, 3.05) is 12.3 Å². The molecule has 24 heavy (non-hydrogen) atoms. The van der Waals surface area contributed by atoms with Crippen LogP contribution < -0.4 is 10.9 Å². The van der Waals surface area contributed by atoms with E-state index in [0.717, 1.165) is 0 Å². The molecule has 0 fully saturated rings. The predicted molar refractivity (Wildman–Crippen MR) is 98.8 cm³/mol. The van der Waals surface area contributed by atoms with Crippen LogP contribution in [0.25, 0.3) is 10.2 Å². The monoisotopic (exact) mass is 359 g/mol. The Hall–Kier alpha value is -2.12. The summed E-state index contributed by atoms with van der Waals surface area (Å²) in [6.07, 6.45) is 0. The summed E-state index contributed by atoms with van der Waals surface area (Å²) in [7, 11) is 0. The van der Waals surface area contributed by atoms with Gasteiger partial charge in [-0.25, -0.2) is 4.98 Å². The van der Waals surface area contributed by atoms with Gasteiger partial charge in [0.15, 0.2) is 5.16 Å². The highest BCUT2D eigenvalue weighted by atomic mass is 32.2. The third kappa shape index (κ3) is 4.04.